The van der Waals surface area contributed by atoms with Crippen LogP contribution in [0.2, 0.25) is 0 Å². The molecular formula is C14H17ClN2O2. The van der Waals surface area contributed by atoms with Gasteiger partial charge in [0, 0.05) is 20.1 Å². The van der Waals surface area contributed by atoms with Crippen molar-refractivity contribution in [3.63, 3.8) is 0 Å². The predicted molar refractivity (Wildman–Crippen MR) is 74.5 cm³/mol. The van der Waals surface area contributed by atoms with Gasteiger partial charge in [-0.2, -0.15) is 0 Å². The summed E-state index contributed by atoms with van der Waals surface area (Å²) in [7, 11) is 1.74. The molecule has 1 saturated heterocycles. The summed E-state index contributed by atoms with van der Waals surface area (Å²) < 4.78 is 13.4. The summed E-state index contributed by atoms with van der Waals surface area (Å²) in [6.45, 7) is 2.10. The normalized spacial score (nSPS) is 23.3. The zero-order chi connectivity index (χ0) is 13.3. The van der Waals surface area contributed by atoms with E-state index in [0.717, 1.165) is 36.4 Å². The van der Waals surface area contributed by atoms with Crippen molar-refractivity contribution in [1.29, 1.82) is 0 Å². The quantitative estimate of drug-likeness (QED) is 0.808. The lowest BCUT2D eigenvalue weighted by Gasteiger charge is -2.27. The van der Waals surface area contributed by atoms with E-state index in [-0.39, 0.29) is 5.60 Å². The SMILES string of the molecule is COC1(Cn2c(CCl)nc3ccccc32)CCOC1. The van der Waals surface area contributed by atoms with Crippen LogP contribution in [-0.2, 0) is 21.9 Å². The van der Waals surface area contributed by atoms with Crippen LogP contribution in [0.5, 0.6) is 0 Å². The molecule has 1 fully saturated rings. The number of imidazole rings is 1. The molecule has 4 nitrogen and oxygen atoms in total. The Bertz CT molecular complexity index is 576. The molecule has 0 bridgehead atoms. The lowest BCUT2D eigenvalue weighted by molar-refractivity contribution is -0.0291. The van der Waals surface area contributed by atoms with Crippen LogP contribution in [-0.4, -0.2) is 35.5 Å². The van der Waals surface area contributed by atoms with Crippen molar-refractivity contribution in [1.82, 2.24) is 9.55 Å². The van der Waals surface area contributed by atoms with Crippen LogP contribution in [0.1, 0.15) is 12.2 Å². The average molecular weight is 281 g/mol. The van der Waals surface area contributed by atoms with Crippen molar-refractivity contribution >= 4 is 22.6 Å². The second-order valence-corrected chi connectivity index (χ2v) is 5.19. The van der Waals surface area contributed by atoms with Crippen molar-refractivity contribution in [3.8, 4) is 0 Å². The van der Waals surface area contributed by atoms with Crippen LogP contribution in [0.3, 0.4) is 0 Å². The number of ether oxygens (including phenoxy) is 2. The van der Waals surface area contributed by atoms with Gasteiger partial charge >= 0.3 is 0 Å². The van der Waals surface area contributed by atoms with E-state index in [9.17, 15) is 0 Å². The van der Waals surface area contributed by atoms with Gasteiger partial charge in [0.05, 0.1) is 30.1 Å². The number of fused-ring (bicyclic) bond motifs is 1. The van der Waals surface area contributed by atoms with Gasteiger partial charge in [0.25, 0.3) is 0 Å². The van der Waals surface area contributed by atoms with Crippen LogP contribution in [0.4, 0.5) is 0 Å². The Kier molecular flexibility index (Phi) is 3.48. The van der Waals surface area contributed by atoms with Crippen LogP contribution in [0.15, 0.2) is 24.3 Å². The Morgan fingerprint density at radius 2 is 2.32 bits per heavy atom. The zero-order valence-corrected chi connectivity index (χ0v) is 11.7. The molecule has 102 valence electrons. The summed E-state index contributed by atoms with van der Waals surface area (Å²) in [4.78, 5) is 4.57. The molecule has 2 aromatic rings. The van der Waals surface area contributed by atoms with Gasteiger partial charge in [-0.25, -0.2) is 4.98 Å². The van der Waals surface area contributed by atoms with Crippen molar-refractivity contribution < 1.29 is 9.47 Å². The largest absolute Gasteiger partial charge is 0.378 e. The average Bonchev–Trinajstić information content (AvgIpc) is 3.05. The molecular weight excluding hydrogens is 264 g/mol. The van der Waals surface area contributed by atoms with E-state index in [1.165, 1.54) is 0 Å². The third-order valence-electron chi connectivity index (χ3n) is 3.80. The topological polar surface area (TPSA) is 36.3 Å². The first kappa shape index (κ1) is 12.9. The second-order valence-electron chi connectivity index (χ2n) is 4.93. The van der Waals surface area contributed by atoms with E-state index >= 15 is 0 Å². The highest BCUT2D eigenvalue weighted by molar-refractivity contribution is 6.16. The Balaban J connectivity index is 2.03. The number of benzene rings is 1. The van der Waals surface area contributed by atoms with Gasteiger partial charge < -0.3 is 14.0 Å². The monoisotopic (exact) mass is 280 g/mol. The van der Waals surface area contributed by atoms with Gasteiger partial charge in [-0.05, 0) is 12.1 Å². The number of alkyl halides is 1. The molecule has 1 atom stereocenters. The number of para-hydroxylation sites is 2. The Hall–Kier alpha value is -1.10. The Labute approximate surface area is 117 Å². The van der Waals surface area contributed by atoms with Crippen molar-refractivity contribution in [2.75, 3.05) is 20.3 Å². The fourth-order valence-electron chi connectivity index (χ4n) is 2.63. The molecule has 0 aliphatic carbocycles. The molecule has 0 amide bonds. The van der Waals surface area contributed by atoms with E-state index in [0.29, 0.717) is 12.5 Å². The first-order chi connectivity index (χ1) is 9.28. The van der Waals surface area contributed by atoms with Crippen molar-refractivity contribution in [3.05, 3.63) is 30.1 Å². The standard InChI is InChI=1S/C14H17ClN2O2/c1-18-14(6-7-19-10-14)9-17-12-5-3-2-4-11(12)16-13(17)8-15/h2-5H,6-10H2,1H3. The van der Waals surface area contributed by atoms with E-state index in [1.54, 1.807) is 7.11 Å². The summed E-state index contributed by atoms with van der Waals surface area (Å²) in [5.74, 6) is 1.28. The molecule has 1 aliphatic heterocycles. The van der Waals surface area contributed by atoms with Gasteiger partial charge in [0.1, 0.15) is 11.4 Å². The molecule has 1 aromatic carbocycles. The maximum absolute atomic E-state index is 6.02. The summed E-state index contributed by atoms with van der Waals surface area (Å²) >= 11 is 6.02. The predicted octanol–water partition coefficient (Wildman–Crippen LogP) is 2.58. The molecule has 1 unspecified atom stereocenters. The summed E-state index contributed by atoms with van der Waals surface area (Å²) in [6.07, 6.45) is 0.901. The molecule has 2 heterocycles. The molecule has 0 N–H and O–H groups in total. The van der Waals surface area contributed by atoms with Crippen LogP contribution < -0.4 is 0 Å². The van der Waals surface area contributed by atoms with E-state index in [4.69, 9.17) is 21.1 Å². The fraction of sp³-hybridized carbons (Fsp3) is 0.500. The van der Waals surface area contributed by atoms with Crippen molar-refractivity contribution in [2.24, 2.45) is 0 Å². The first-order valence-corrected chi connectivity index (χ1v) is 6.94. The minimum Gasteiger partial charge on any atom is -0.378 e. The van der Waals surface area contributed by atoms with Gasteiger partial charge in [-0.15, -0.1) is 11.6 Å². The van der Waals surface area contributed by atoms with Gasteiger partial charge in [0.15, 0.2) is 0 Å². The highest BCUT2D eigenvalue weighted by atomic mass is 35.5. The minimum atomic E-state index is -0.260. The molecule has 1 aliphatic rings. The highest BCUT2D eigenvalue weighted by Gasteiger charge is 2.36. The van der Waals surface area contributed by atoms with E-state index < -0.39 is 0 Å². The van der Waals surface area contributed by atoms with E-state index in [1.807, 2.05) is 18.2 Å². The summed E-state index contributed by atoms with van der Waals surface area (Å²) in [5.41, 5.74) is 1.81. The molecule has 0 spiro atoms. The lowest BCUT2D eigenvalue weighted by atomic mass is 10.0. The number of hydrogen-bond acceptors (Lipinski definition) is 3. The van der Waals surface area contributed by atoms with Gasteiger partial charge in [-0.3, -0.25) is 0 Å². The van der Waals surface area contributed by atoms with E-state index in [2.05, 4.69) is 15.6 Å². The maximum atomic E-state index is 6.02. The molecule has 19 heavy (non-hydrogen) atoms. The summed E-state index contributed by atoms with van der Waals surface area (Å²) in [5, 5.41) is 0. The third kappa shape index (κ3) is 2.24. The number of methoxy groups -OCH3 is 1. The third-order valence-corrected chi connectivity index (χ3v) is 4.04. The molecule has 1 aromatic heterocycles. The maximum Gasteiger partial charge on any atom is 0.124 e. The summed E-state index contributed by atoms with van der Waals surface area (Å²) in [6, 6.07) is 8.08. The second kappa shape index (κ2) is 5.12. The number of halogens is 1. The van der Waals surface area contributed by atoms with Gasteiger partial charge in [0.2, 0.25) is 0 Å². The highest BCUT2D eigenvalue weighted by Crippen LogP contribution is 2.28. The number of rotatable bonds is 4. The smallest absolute Gasteiger partial charge is 0.124 e. The Morgan fingerprint density at radius 1 is 1.47 bits per heavy atom. The molecule has 0 saturated carbocycles. The fourth-order valence-corrected chi connectivity index (χ4v) is 2.83. The first-order valence-electron chi connectivity index (χ1n) is 6.41. The van der Waals surface area contributed by atoms with Crippen LogP contribution in [0, 0.1) is 0 Å². The zero-order valence-electron chi connectivity index (χ0n) is 10.9. The Morgan fingerprint density at radius 3 is 3.00 bits per heavy atom. The minimum absolute atomic E-state index is 0.260. The molecule has 3 rings (SSSR count). The van der Waals surface area contributed by atoms with Gasteiger partial charge in [-0.1, -0.05) is 12.1 Å². The lowest BCUT2D eigenvalue weighted by Crippen LogP contribution is -2.37. The van der Waals surface area contributed by atoms with Crippen LogP contribution in [0.25, 0.3) is 11.0 Å². The van der Waals surface area contributed by atoms with Crippen molar-refractivity contribution in [2.45, 2.75) is 24.4 Å². The number of hydrogen-bond donors (Lipinski definition) is 0. The molecule has 0 radical (unpaired) electrons. The molecule has 5 heteroatoms. The number of nitrogens with zero attached hydrogens (tertiary/aromatic N) is 2. The number of aromatic nitrogens is 2. The van der Waals surface area contributed by atoms with Crippen LogP contribution >= 0.6 is 11.6 Å².